The first-order valence-corrected chi connectivity index (χ1v) is 7.44. The van der Waals surface area contributed by atoms with Gasteiger partial charge in [-0.1, -0.05) is 6.07 Å². The Morgan fingerprint density at radius 3 is 2.65 bits per heavy atom. The Balaban J connectivity index is 0.00000147. The van der Waals surface area contributed by atoms with Crippen molar-refractivity contribution in [2.45, 2.75) is 25.4 Å². The highest BCUT2D eigenvalue weighted by atomic mass is 35.5. The molecule has 0 aliphatic carbocycles. The van der Waals surface area contributed by atoms with Crippen LogP contribution in [0.15, 0.2) is 24.4 Å². The maximum Gasteiger partial charge on any atom is 0.0572 e. The highest BCUT2D eigenvalue weighted by Gasteiger charge is 2.28. The van der Waals surface area contributed by atoms with Crippen molar-refractivity contribution >= 4 is 12.4 Å². The molecule has 112 valence electrons. The van der Waals surface area contributed by atoms with Crippen LogP contribution in [0, 0.1) is 0 Å². The zero-order valence-corrected chi connectivity index (χ0v) is 13.0. The van der Waals surface area contributed by atoms with E-state index in [2.05, 4.69) is 39.2 Å². The molecule has 3 heterocycles. The lowest BCUT2D eigenvalue weighted by molar-refractivity contribution is 0.0775. The third kappa shape index (κ3) is 3.50. The fraction of sp³-hybridized carbons (Fsp3) is 0.667. The molecular weight excluding hydrogens is 272 g/mol. The van der Waals surface area contributed by atoms with Gasteiger partial charge in [0, 0.05) is 51.0 Å². The lowest BCUT2D eigenvalue weighted by atomic mass is 10.1. The molecule has 0 radical (unpaired) electrons. The average Bonchev–Trinajstić information content (AvgIpc) is 3.02. The summed E-state index contributed by atoms with van der Waals surface area (Å²) < 4.78 is 0. The van der Waals surface area contributed by atoms with Crippen molar-refractivity contribution in [3.8, 4) is 0 Å². The molecule has 20 heavy (non-hydrogen) atoms. The summed E-state index contributed by atoms with van der Waals surface area (Å²) in [6.07, 6.45) is 3.21. The summed E-state index contributed by atoms with van der Waals surface area (Å²) >= 11 is 0. The van der Waals surface area contributed by atoms with Crippen LogP contribution in [-0.2, 0) is 0 Å². The highest BCUT2D eigenvalue weighted by molar-refractivity contribution is 5.85. The zero-order chi connectivity index (χ0) is 13.1. The lowest BCUT2D eigenvalue weighted by Crippen LogP contribution is -2.51. The minimum Gasteiger partial charge on any atom is -0.315 e. The molecule has 2 aliphatic rings. The molecule has 2 unspecified atom stereocenters. The molecule has 2 aliphatic heterocycles. The zero-order valence-electron chi connectivity index (χ0n) is 12.2. The Labute approximate surface area is 128 Å². The third-order valence-electron chi connectivity index (χ3n) is 4.56. The van der Waals surface area contributed by atoms with Crippen LogP contribution in [0.3, 0.4) is 0 Å². The van der Waals surface area contributed by atoms with Gasteiger partial charge in [0.15, 0.2) is 0 Å². The van der Waals surface area contributed by atoms with Gasteiger partial charge >= 0.3 is 0 Å². The molecule has 2 atom stereocenters. The van der Waals surface area contributed by atoms with E-state index in [0.29, 0.717) is 6.04 Å². The van der Waals surface area contributed by atoms with Gasteiger partial charge in [-0.2, -0.15) is 0 Å². The molecule has 0 aromatic carbocycles. The fourth-order valence-electron chi connectivity index (χ4n) is 3.25. The topological polar surface area (TPSA) is 31.4 Å². The summed E-state index contributed by atoms with van der Waals surface area (Å²) in [7, 11) is 0. The number of hydrogen-bond acceptors (Lipinski definition) is 4. The Morgan fingerprint density at radius 2 is 2.05 bits per heavy atom. The van der Waals surface area contributed by atoms with E-state index < -0.39 is 0 Å². The van der Waals surface area contributed by atoms with E-state index in [1.54, 1.807) is 0 Å². The van der Waals surface area contributed by atoms with Crippen LogP contribution in [0.4, 0.5) is 0 Å². The van der Waals surface area contributed by atoms with Crippen molar-refractivity contribution in [1.29, 1.82) is 0 Å². The molecule has 1 aromatic heterocycles. The molecular formula is C15H25ClN4. The largest absolute Gasteiger partial charge is 0.315 e. The van der Waals surface area contributed by atoms with Crippen molar-refractivity contribution < 1.29 is 0 Å². The van der Waals surface area contributed by atoms with Crippen molar-refractivity contribution in [3.63, 3.8) is 0 Å². The second-order valence-corrected chi connectivity index (χ2v) is 5.65. The molecule has 0 saturated carbocycles. The molecule has 1 aromatic rings. The maximum absolute atomic E-state index is 4.49. The van der Waals surface area contributed by atoms with E-state index in [0.717, 1.165) is 19.1 Å². The number of nitrogens with zero attached hydrogens (tertiary/aromatic N) is 3. The minimum absolute atomic E-state index is 0. The Kier molecular flexibility index (Phi) is 5.78. The van der Waals surface area contributed by atoms with Gasteiger partial charge in [0.1, 0.15) is 0 Å². The van der Waals surface area contributed by atoms with E-state index in [4.69, 9.17) is 0 Å². The summed E-state index contributed by atoms with van der Waals surface area (Å²) in [4.78, 5) is 9.70. The standard InChI is InChI=1S/C15H24N4.ClH/c1-13(15-4-2-3-6-17-15)18-8-10-19(11-9-18)14-5-7-16-12-14;/h2-4,6,13-14,16H,5,7-12H2,1H3;1H. The van der Waals surface area contributed by atoms with E-state index in [1.807, 2.05) is 12.3 Å². The molecule has 5 heteroatoms. The molecule has 2 fully saturated rings. The van der Waals surface area contributed by atoms with Gasteiger partial charge < -0.3 is 5.32 Å². The summed E-state index contributed by atoms with van der Waals surface area (Å²) in [6, 6.07) is 7.41. The first-order valence-electron chi connectivity index (χ1n) is 7.44. The first kappa shape index (κ1) is 15.7. The SMILES string of the molecule is CC(c1ccccn1)N1CCN(C2CCNC2)CC1.Cl. The van der Waals surface area contributed by atoms with E-state index in [1.165, 1.54) is 38.3 Å². The monoisotopic (exact) mass is 296 g/mol. The van der Waals surface area contributed by atoms with Crippen LogP contribution in [0.2, 0.25) is 0 Å². The van der Waals surface area contributed by atoms with Crippen LogP contribution >= 0.6 is 12.4 Å². The van der Waals surface area contributed by atoms with Gasteiger partial charge in [-0.15, -0.1) is 12.4 Å². The van der Waals surface area contributed by atoms with Gasteiger partial charge in [-0.25, -0.2) is 0 Å². The molecule has 0 bridgehead atoms. The number of pyridine rings is 1. The number of piperazine rings is 1. The van der Waals surface area contributed by atoms with Gasteiger partial charge in [-0.05, 0) is 32.0 Å². The van der Waals surface area contributed by atoms with Crippen LogP contribution in [0.5, 0.6) is 0 Å². The number of halogens is 1. The predicted molar refractivity (Wildman–Crippen MR) is 84.3 cm³/mol. The van der Waals surface area contributed by atoms with E-state index in [-0.39, 0.29) is 12.4 Å². The summed E-state index contributed by atoms with van der Waals surface area (Å²) in [5.74, 6) is 0. The van der Waals surface area contributed by atoms with E-state index >= 15 is 0 Å². The smallest absolute Gasteiger partial charge is 0.0572 e. The number of hydrogen-bond donors (Lipinski definition) is 1. The number of nitrogens with one attached hydrogen (secondary N) is 1. The van der Waals surface area contributed by atoms with Crippen LogP contribution in [0.25, 0.3) is 0 Å². The average molecular weight is 297 g/mol. The van der Waals surface area contributed by atoms with E-state index in [9.17, 15) is 0 Å². The quantitative estimate of drug-likeness (QED) is 0.917. The van der Waals surface area contributed by atoms with Gasteiger partial charge in [-0.3, -0.25) is 14.8 Å². The number of aromatic nitrogens is 1. The molecule has 0 spiro atoms. The van der Waals surface area contributed by atoms with Crippen LogP contribution < -0.4 is 5.32 Å². The molecule has 0 amide bonds. The predicted octanol–water partition coefficient (Wildman–Crippen LogP) is 1.54. The normalized spacial score (nSPS) is 26.1. The summed E-state index contributed by atoms with van der Waals surface area (Å²) in [5, 5.41) is 3.46. The first-order chi connectivity index (χ1) is 9.34. The molecule has 4 nitrogen and oxygen atoms in total. The Hall–Kier alpha value is -0.680. The van der Waals surface area contributed by atoms with Crippen molar-refractivity contribution in [2.75, 3.05) is 39.3 Å². The second kappa shape index (κ2) is 7.36. The third-order valence-corrected chi connectivity index (χ3v) is 4.56. The van der Waals surface area contributed by atoms with Gasteiger partial charge in [0.2, 0.25) is 0 Å². The van der Waals surface area contributed by atoms with Crippen molar-refractivity contribution in [1.82, 2.24) is 20.1 Å². The number of rotatable bonds is 3. The lowest BCUT2D eigenvalue weighted by Gasteiger charge is -2.40. The minimum atomic E-state index is 0. The van der Waals surface area contributed by atoms with Crippen LogP contribution in [-0.4, -0.2) is 60.1 Å². The summed E-state index contributed by atoms with van der Waals surface area (Å²) in [6.45, 7) is 9.36. The molecule has 3 rings (SSSR count). The van der Waals surface area contributed by atoms with Gasteiger partial charge in [0.25, 0.3) is 0 Å². The molecule has 1 N–H and O–H groups in total. The van der Waals surface area contributed by atoms with Crippen molar-refractivity contribution in [2.24, 2.45) is 0 Å². The second-order valence-electron chi connectivity index (χ2n) is 5.65. The highest BCUT2D eigenvalue weighted by Crippen LogP contribution is 2.21. The molecule has 2 saturated heterocycles. The Bertz CT molecular complexity index is 386. The fourth-order valence-corrected chi connectivity index (χ4v) is 3.25. The maximum atomic E-state index is 4.49. The van der Waals surface area contributed by atoms with Crippen molar-refractivity contribution in [3.05, 3.63) is 30.1 Å². The van der Waals surface area contributed by atoms with Crippen LogP contribution in [0.1, 0.15) is 25.1 Å². The summed E-state index contributed by atoms with van der Waals surface area (Å²) in [5.41, 5.74) is 1.19. The van der Waals surface area contributed by atoms with Gasteiger partial charge in [0.05, 0.1) is 5.69 Å². The Morgan fingerprint density at radius 1 is 1.25 bits per heavy atom.